The van der Waals surface area contributed by atoms with Crippen LogP contribution in [0.3, 0.4) is 0 Å². The second-order valence-electron chi connectivity index (χ2n) is 6.34. The van der Waals surface area contributed by atoms with Crippen molar-refractivity contribution in [1.82, 2.24) is 16.0 Å². The molecule has 0 saturated heterocycles. The lowest BCUT2D eigenvalue weighted by Gasteiger charge is -2.27. The van der Waals surface area contributed by atoms with E-state index in [2.05, 4.69) is 16.0 Å². The first-order chi connectivity index (χ1) is 11.5. The molecule has 8 nitrogen and oxygen atoms in total. The monoisotopic (exact) mass is 343 g/mol. The molecule has 3 amide bonds. The Hall–Kier alpha value is -1.83. The second-order valence-corrected chi connectivity index (χ2v) is 6.34. The van der Waals surface area contributed by atoms with Gasteiger partial charge in [0.15, 0.2) is 0 Å². The molecule has 0 aromatic heterocycles. The predicted molar refractivity (Wildman–Crippen MR) is 88.5 cm³/mol. The van der Waals surface area contributed by atoms with Gasteiger partial charge in [-0.2, -0.15) is 0 Å². The molecular weight excluding hydrogens is 314 g/mol. The molecule has 1 aliphatic carbocycles. The van der Waals surface area contributed by atoms with Crippen LogP contribution in [-0.4, -0.2) is 53.9 Å². The lowest BCUT2D eigenvalue weighted by atomic mass is 9.84. The topological polar surface area (TPSA) is 128 Å². The van der Waals surface area contributed by atoms with E-state index in [1.54, 1.807) is 0 Å². The van der Waals surface area contributed by atoms with Gasteiger partial charge in [-0.1, -0.05) is 32.1 Å². The fourth-order valence-electron chi connectivity index (χ4n) is 3.08. The average molecular weight is 343 g/mol. The van der Waals surface area contributed by atoms with Gasteiger partial charge in [0.2, 0.25) is 11.8 Å². The zero-order chi connectivity index (χ0) is 17.9. The van der Waals surface area contributed by atoms with Gasteiger partial charge in [-0.05, 0) is 18.8 Å². The molecule has 0 aromatic carbocycles. The second kappa shape index (κ2) is 10.9. The highest BCUT2D eigenvalue weighted by molar-refractivity contribution is 5.85. The molecule has 0 aliphatic heterocycles. The SMILES string of the molecule is CNC(=O)CCC(CO)NC(=O)[C@H](CC1CCCCC1)NC(=O)O. The van der Waals surface area contributed by atoms with E-state index in [1.165, 1.54) is 13.5 Å². The number of amides is 3. The van der Waals surface area contributed by atoms with E-state index < -0.39 is 24.1 Å². The van der Waals surface area contributed by atoms with E-state index in [0.717, 1.165) is 25.7 Å². The van der Waals surface area contributed by atoms with Crippen molar-refractivity contribution in [2.45, 2.75) is 63.5 Å². The highest BCUT2D eigenvalue weighted by Crippen LogP contribution is 2.27. The number of rotatable bonds is 9. The summed E-state index contributed by atoms with van der Waals surface area (Å²) in [4.78, 5) is 34.6. The summed E-state index contributed by atoms with van der Waals surface area (Å²) in [6, 6.07) is -1.40. The number of carbonyl (C=O) groups is 3. The van der Waals surface area contributed by atoms with Gasteiger partial charge in [0, 0.05) is 13.5 Å². The van der Waals surface area contributed by atoms with Crippen LogP contribution in [0.25, 0.3) is 0 Å². The van der Waals surface area contributed by atoms with Crippen LogP contribution in [-0.2, 0) is 9.59 Å². The largest absolute Gasteiger partial charge is 0.465 e. The van der Waals surface area contributed by atoms with Gasteiger partial charge in [0.25, 0.3) is 0 Å². The van der Waals surface area contributed by atoms with E-state index >= 15 is 0 Å². The molecule has 1 unspecified atom stereocenters. The van der Waals surface area contributed by atoms with Crippen LogP contribution in [0.4, 0.5) is 4.79 Å². The number of hydrogen-bond donors (Lipinski definition) is 5. The Labute approximate surface area is 142 Å². The summed E-state index contributed by atoms with van der Waals surface area (Å²) in [6.07, 6.45) is 5.12. The predicted octanol–water partition coefficient (Wildman–Crippen LogP) is 0.596. The lowest BCUT2D eigenvalue weighted by molar-refractivity contribution is -0.125. The normalized spacial score (nSPS) is 17.6. The van der Waals surface area contributed by atoms with Crippen molar-refractivity contribution in [1.29, 1.82) is 0 Å². The van der Waals surface area contributed by atoms with E-state index in [-0.39, 0.29) is 18.9 Å². The number of carbonyl (C=O) groups excluding carboxylic acids is 2. The third kappa shape index (κ3) is 7.63. The van der Waals surface area contributed by atoms with E-state index in [9.17, 15) is 19.5 Å². The first kappa shape index (κ1) is 20.2. The van der Waals surface area contributed by atoms with E-state index in [4.69, 9.17) is 5.11 Å². The minimum atomic E-state index is -1.24. The molecule has 8 heteroatoms. The van der Waals surface area contributed by atoms with Crippen LogP contribution in [0.1, 0.15) is 51.4 Å². The Morgan fingerprint density at radius 1 is 1.12 bits per heavy atom. The number of aliphatic hydroxyl groups excluding tert-OH is 1. The molecule has 1 fully saturated rings. The maximum atomic E-state index is 12.4. The summed E-state index contributed by atoms with van der Waals surface area (Å²) in [5, 5.41) is 25.7. The van der Waals surface area contributed by atoms with Crippen LogP contribution >= 0.6 is 0 Å². The third-order valence-corrected chi connectivity index (χ3v) is 4.47. The van der Waals surface area contributed by atoms with Crippen LogP contribution in [0, 0.1) is 5.92 Å². The zero-order valence-corrected chi connectivity index (χ0v) is 14.2. The van der Waals surface area contributed by atoms with Crippen LogP contribution in [0.15, 0.2) is 0 Å². The van der Waals surface area contributed by atoms with Gasteiger partial charge in [0.05, 0.1) is 12.6 Å². The van der Waals surface area contributed by atoms with Gasteiger partial charge in [-0.15, -0.1) is 0 Å². The molecule has 1 saturated carbocycles. The third-order valence-electron chi connectivity index (χ3n) is 4.47. The standard InChI is InChI=1S/C16H29N3O5/c1-17-14(21)8-7-12(10-20)18-15(22)13(19-16(23)24)9-11-5-3-2-4-6-11/h11-13,19-20H,2-10H2,1H3,(H,17,21)(H,18,22)(H,23,24)/t12?,13-/m0/s1. The molecule has 5 N–H and O–H groups in total. The smallest absolute Gasteiger partial charge is 0.405 e. The Kier molecular flexibility index (Phi) is 9.14. The molecule has 1 rings (SSSR count). The first-order valence-electron chi connectivity index (χ1n) is 8.57. The van der Waals surface area contributed by atoms with Gasteiger partial charge >= 0.3 is 6.09 Å². The number of hydrogen-bond acceptors (Lipinski definition) is 4. The molecule has 24 heavy (non-hydrogen) atoms. The first-order valence-corrected chi connectivity index (χ1v) is 8.57. The van der Waals surface area contributed by atoms with Gasteiger partial charge < -0.3 is 26.2 Å². The van der Waals surface area contributed by atoms with Crippen LogP contribution in [0.5, 0.6) is 0 Å². The molecule has 0 aromatic rings. The Balaban J connectivity index is 2.57. The van der Waals surface area contributed by atoms with E-state index in [1.807, 2.05) is 0 Å². The van der Waals surface area contributed by atoms with Crippen molar-refractivity contribution in [2.75, 3.05) is 13.7 Å². The van der Waals surface area contributed by atoms with Crippen LogP contribution in [0.2, 0.25) is 0 Å². The summed E-state index contributed by atoms with van der Waals surface area (Å²) in [5.74, 6) is -0.288. The minimum Gasteiger partial charge on any atom is -0.465 e. The lowest BCUT2D eigenvalue weighted by Crippen LogP contribution is -2.51. The van der Waals surface area contributed by atoms with Gasteiger partial charge in [0.1, 0.15) is 6.04 Å². The van der Waals surface area contributed by atoms with Gasteiger partial charge in [-0.3, -0.25) is 9.59 Å². The fourth-order valence-corrected chi connectivity index (χ4v) is 3.08. The Morgan fingerprint density at radius 3 is 2.33 bits per heavy atom. The van der Waals surface area contributed by atoms with E-state index in [0.29, 0.717) is 18.8 Å². The van der Waals surface area contributed by atoms with Crippen molar-refractivity contribution in [3.05, 3.63) is 0 Å². The maximum Gasteiger partial charge on any atom is 0.405 e. The maximum absolute atomic E-state index is 12.4. The highest BCUT2D eigenvalue weighted by atomic mass is 16.4. The Morgan fingerprint density at radius 2 is 1.79 bits per heavy atom. The summed E-state index contributed by atoms with van der Waals surface area (Å²) < 4.78 is 0. The molecular formula is C16H29N3O5. The van der Waals surface area contributed by atoms with Crippen molar-refractivity contribution < 1.29 is 24.6 Å². The summed E-state index contributed by atoms with van der Waals surface area (Å²) in [6.45, 7) is -0.300. The quantitative estimate of drug-likeness (QED) is 0.419. The highest BCUT2D eigenvalue weighted by Gasteiger charge is 2.27. The van der Waals surface area contributed by atoms with Crippen molar-refractivity contribution in [2.24, 2.45) is 5.92 Å². The molecule has 0 radical (unpaired) electrons. The van der Waals surface area contributed by atoms with Crippen molar-refractivity contribution >= 4 is 17.9 Å². The summed E-state index contributed by atoms with van der Waals surface area (Å²) in [7, 11) is 1.52. The molecule has 138 valence electrons. The Bertz CT molecular complexity index is 424. The van der Waals surface area contributed by atoms with Crippen molar-refractivity contribution in [3.8, 4) is 0 Å². The fraction of sp³-hybridized carbons (Fsp3) is 0.812. The molecule has 2 atom stereocenters. The summed E-state index contributed by atoms with van der Waals surface area (Å²) >= 11 is 0. The zero-order valence-electron chi connectivity index (χ0n) is 14.2. The summed E-state index contributed by atoms with van der Waals surface area (Å²) in [5.41, 5.74) is 0. The molecule has 0 heterocycles. The average Bonchev–Trinajstić information content (AvgIpc) is 2.57. The number of carboxylic acid groups (broad SMARTS) is 1. The molecule has 1 aliphatic rings. The number of aliphatic hydroxyl groups is 1. The van der Waals surface area contributed by atoms with Gasteiger partial charge in [-0.25, -0.2) is 4.79 Å². The van der Waals surface area contributed by atoms with Crippen LogP contribution < -0.4 is 16.0 Å². The van der Waals surface area contributed by atoms with Crippen molar-refractivity contribution in [3.63, 3.8) is 0 Å². The number of nitrogens with one attached hydrogen (secondary N) is 3. The molecule has 0 spiro atoms. The molecule has 0 bridgehead atoms. The minimum absolute atomic E-state index is 0.176.